The van der Waals surface area contributed by atoms with E-state index >= 15 is 0 Å². The van der Waals surface area contributed by atoms with E-state index in [0.717, 1.165) is 73.1 Å². The van der Waals surface area contributed by atoms with E-state index in [0.29, 0.717) is 5.75 Å². The largest absolute Gasteiger partial charge is 0.497 e. The van der Waals surface area contributed by atoms with Crippen LogP contribution in [0.2, 0.25) is 0 Å². The third-order valence-corrected chi connectivity index (χ3v) is 7.73. The number of rotatable bonds is 6. The number of nitrogens with zero attached hydrogens (tertiary/aromatic N) is 4. The summed E-state index contributed by atoms with van der Waals surface area (Å²) in [6.07, 6.45) is 0. The fourth-order valence-electron chi connectivity index (χ4n) is 4.52. The lowest BCUT2D eigenvalue weighted by atomic mass is 10.0. The summed E-state index contributed by atoms with van der Waals surface area (Å²) in [5.41, 5.74) is 5.55. The van der Waals surface area contributed by atoms with Crippen LogP contribution < -0.4 is 9.47 Å². The van der Waals surface area contributed by atoms with E-state index in [9.17, 15) is 0 Å². The average Bonchev–Trinajstić information content (AvgIpc) is 2.89. The number of aliphatic imine (C=N–C) groups is 1. The normalized spacial score (nSPS) is 17.6. The number of hydrogen-bond donors (Lipinski definition) is 0. The fraction of sp³-hybridized carbons (Fsp3) is 0.407. The van der Waals surface area contributed by atoms with Crippen LogP contribution in [0.4, 0.5) is 5.69 Å². The highest BCUT2D eigenvalue weighted by Crippen LogP contribution is 2.38. The predicted octanol–water partition coefficient (Wildman–Crippen LogP) is 4.80. The second kappa shape index (κ2) is 10.4. The number of benzene rings is 2. The molecule has 184 valence electrons. The highest BCUT2D eigenvalue weighted by Gasteiger charge is 2.26. The van der Waals surface area contributed by atoms with E-state index in [1.165, 1.54) is 22.1 Å². The molecule has 7 nitrogen and oxygen atoms in total. The van der Waals surface area contributed by atoms with Gasteiger partial charge < -0.3 is 19.1 Å². The Labute approximate surface area is 211 Å². The Bertz CT molecular complexity index is 1260. The Morgan fingerprint density at radius 1 is 1.00 bits per heavy atom. The minimum atomic E-state index is 0.689. The quantitative estimate of drug-likeness (QED) is 0.490. The summed E-state index contributed by atoms with van der Waals surface area (Å²) in [7, 11) is 3.32. The molecule has 0 radical (unpaired) electrons. The third-order valence-electron chi connectivity index (χ3n) is 6.66. The van der Waals surface area contributed by atoms with Crippen LogP contribution in [0.5, 0.6) is 11.5 Å². The van der Waals surface area contributed by atoms with Crippen LogP contribution in [-0.2, 0) is 11.3 Å². The van der Waals surface area contributed by atoms with Crippen molar-refractivity contribution in [3.8, 4) is 11.5 Å². The molecule has 2 aliphatic rings. The van der Waals surface area contributed by atoms with Gasteiger partial charge in [0.2, 0.25) is 0 Å². The molecule has 0 aliphatic carbocycles. The van der Waals surface area contributed by atoms with Gasteiger partial charge in [-0.2, -0.15) is 0 Å². The van der Waals surface area contributed by atoms with Crippen LogP contribution in [0, 0.1) is 13.8 Å². The molecule has 0 spiro atoms. The molecule has 35 heavy (non-hydrogen) atoms. The number of morpholine rings is 1. The second-order valence-electron chi connectivity index (χ2n) is 8.96. The lowest BCUT2D eigenvalue weighted by Crippen LogP contribution is -2.43. The standard InChI is InChI=1S/C27H32N4O3S/c1-18-5-6-19(2)25-22(18)15-20-17-31(10-9-30-11-13-34-14-12-30)27(35-26(20)29-25)28-23-8-7-21(32-3)16-24(23)33-4/h5-8,15-16H,9-14,17H2,1-4H3. The van der Waals surface area contributed by atoms with Crippen molar-refractivity contribution in [2.24, 2.45) is 4.99 Å². The average molecular weight is 493 g/mol. The molecular weight excluding hydrogens is 460 g/mol. The molecule has 0 saturated carbocycles. The molecule has 0 atom stereocenters. The van der Waals surface area contributed by atoms with Gasteiger partial charge in [0, 0.05) is 49.7 Å². The van der Waals surface area contributed by atoms with Crippen LogP contribution in [0.25, 0.3) is 10.9 Å². The number of pyridine rings is 1. The van der Waals surface area contributed by atoms with Crippen molar-refractivity contribution in [1.82, 2.24) is 14.8 Å². The van der Waals surface area contributed by atoms with Gasteiger partial charge in [-0.05, 0) is 54.9 Å². The first kappa shape index (κ1) is 23.9. The Morgan fingerprint density at radius 3 is 2.57 bits per heavy atom. The van der Waals surface area contributed by atoms with Crippen molar-refractivity contribution >= 4 is 33.5 Å². The zero-order chi connectivity index (χ0) is 24.4. The van der Waals surface area contributed by atoms with E-state index in [1.807, 2.05) is 18.2 Å². The van der Waals surface area contributed by atoms with E-state index < -0.39 is 0 Å². The first-order valence-corrected chi connectivity index (χ1v) is 12.8. The molecule has 0 unspecified atom stereocenters. The third kappa shape index (κ3) is 5.10. The number of hydrogen-bond acceptors (Lipinski definition) is 7. The van der Waals surface area contributed by atoms with Crippen molar-refractivity contribution < 1.29 is 14.2 Å². The summed E-state index contributed by atoms with van der Waals surface area (Å²) in [6, 6.07) is 12.4. The lowest BCUT2D eigenvalue weighted by molar-refractivity contribution is 0.0358. The number of amidine groups is 1. The molecule has 0 bridgehead atoms. The van der Waals surface area contributed by atoms with Gasteiger partial charge in [-0.3, -0.25) is 4.90 Å². The summed E-state index contributed by atoms with van der Waals surface area (Å²) in [4.78, 5) is 15.0. The molecule has 8 heteroatoms. The molecule has 0 amide bonds. The monoisotopic (exact) mass is 492 g/mol. The van der Waals surface area contributed by atoms with E-state index in [-0.39, 0.29) is 0 Å². The summed E-state index contributed by atoms with van der Waals surface area (Å²) >= 11 is 1.64. The van der Waals surface area contributed by atoms with Crippen LogP contribution >= 0.6 is 11.8 Å². The van der Waals surface area contributed by atoms with Crippen LogP contribution in [0.1, 0.15) is 16.7 Å². The number of ether oxygens (including phenoxy) is 3. The maximum atomic E-state index is 5.62. The topological polar surface area (TPSA) is 59.4 Å². The summed E-state index contributed by atoms with van der Waals surface area (Å²) in [5, 5.41) is 3.20. The number of thioether (sulfide) groups is 1. The molecule has 0 N–H and O–H groups in total. The zero-order valence-electron chi connectivity index (χ0n) is 20.8. The molecule has 1 aromatic heterocycles. The van der Waals surface area contributed by atoms with Crippen LogP contribution in [0.15, 0.2) is 46.4 Å². The van der Waals surface area contributed by atoms with Gasteiger partial charge in [-0.25, -0.2) is 9.98 Å². The van der Waals surface area contributed by atoms with Crippen molar-refractivity contribution in [3.05, 3.63) is 53.1 Å². The predicted molar refractivity (Wildman–Crippen MR) is 141 cm³/mol. The van der Waals surface area contributed by atoms with E-state index in [2.05, 4.69) is 41.8 Å². The molecule has 1 saturated heterocycles. The number of aromatic nitrogens is 1. The first-order chi connectivity index (χ1) is 17.1. The van der Waals surface area contributed by atoms with Gasteiger partial charge in [-0.15, -0.1) is 0 Å². The minimum absolute atomic E-state index is 0.689. The fourth-order valence-corrected chi connectivity index (χ4v) is 5.51. The number of aryl methyl sites for hydroxylation is 2. The van der Waals surface area contributed by atoms with Crippen molar-refractivity contribution in [2.45, 2.75) is 25.4 Å². The lowest BCUT2D eigenvalue weighted by Gasteiger charge is -2.34. The summed E-state index contributed by atoms with van der Waals surface area (Å²) < 4.78 is 16.5. The maximum absolute atomic E-state index is 5.62. The summed E-state index contributed by atoms with van der Waals surface area (Å²) in [6.45, 7) is 10.5. The van der Waals surface area contributed by atoms with Gasteiger partial charge in [0.15, 0.2) is 5.17 Å². The Kier molecular flexibility index (Phi) is 7.13. The summed E-state index contributed by atoms with van der Waals surface area (Å²) in [5.74, 6) is 1.44. The van der Waals surface area contributed by atoms with Crippen molar-refractivity contribution in [1.29, 1.82) is 0 Å². The molecule has 1 fully saturated rings. The first-order valence-electron chi connectivity index (χ1n) is 12.0. The van der Waals surface area contributed by atoms with Gasteiger partial charge in [0.25, 0.3) is 0 Å². The van der Waals surface area contributed by atoms with Crippen molar-refractivity contribution in [3.63, 3.8) is 0 Å². The molecule has 2 aromatic carbocycles. The SMILES string of the molecule is COc1ccc(N=C2Sc3nc4c(C)ccc(C)c4cc3CN2CCN2CCOCC2)c(OC)c1. The Hall–Kier alpha value is -2.81. The zero-order valence-corrected chi connectivity index (χ0v) is 21.7. The van der Waals surface area contributed by atoms with E-state index in [1.54, 1.807) is 26.0 Å². The van der Waals surface area contributed by atoms with Gasteiger partial charge in [0.1, 0.15) is 22.2 Å². The Morgan fingerprint density at radius 2 is 1.80 bits per heavy atom. The van der Waals surface area contributed by atoms with Gasteiger partial charge in [0.05, 0.1) is 33.0 Å². The molecule has 3 heterocycles. The minimum Gasteiger partial charge on any atom is -0.497 e. The molecule has 5 rings (SSSR count). The smallest absolute Gasteiger partial charge is 0.171 e. The molecule has 3 aromatic rings. The maximum Gasteiger partial charge on any atom is 0.171 e. The highest BCUT2D eigenvalue weighted by molar-refractivity contribution is 8.13. The van der Waals surface area contributed by atoms with Crippen LogP contribution in [-0.4, -0.2) is 73.6 Å². The van der Waals surface area contributed by atoms with Crippen molar-refractivity contribution in [2.75, 3.05) is 53.6 Å². The molecular formula is C27H32N4O3S. The van der Waals surface area contributed by atoms with Gasteiger partial charge >= 0.3 is 0 Å². The van der Waals surface area contributed by atoms with E-state index in [4.69, 9.17) is 24.2 Å². The van der Waals surface area contributed by atoms with Crippen LogP contribution in [0.3, 0.4) is 0 Å². The number of methoxy groups -OCH3 is 2. The van der Waals surface area contributed by atoms with Gasteiger partial charge in [-0.1, -0.05) is 12.1 Å². The number of fused-ring (bicyclic) bond motifs is 2. The second-order valence-corrected chi connectivity index (χ2v) is 9.91. The Balaban J connectivity index is 1.52. The molecule has 2 aliphatic heterocycles. The highest BCUT2D eigenvalue weighted by atomic mass is 32.2.